The summed E-state index contributed by atoms with van der Waals surface area (Å²) in [4.78, 5) is 28.7. The number of hydrogen-bond acceptors (Lipinski definition) is 4. The van der Waals surface area contributed by atoms with Crippen LogP contribution in [-0.2, 0) is 9.84 Å². The fourth-order valence-corrected chi connectivity index (χ4v) is 3.76. The minimum atomic E-state index is -3.29. The Balaban J connectivity index is 1.63. The Morgan fingerprint density at radius 2 is 1.37 bits per heavy atom. The molecule has 8 heteroatoms. The van der Waals surface area contributed by atoms with Crippen molar-refractivity contribution in [1.82, 2.24) is 9.80 Å². The lowest BCUT2D eigenvalue weighted by Gasteiger charge is -2.35. The van der Waals surface area contributed by atoms with Gasteiger partial charge in [-0.15, -0.1) is 0 Å². The van der Waals surface area contributed by atoms with Gasteiger partial charge in [0, 0.05) is 48.6 Å². The Kier molecular flexibility index (Phi) is 5.53. The fraction of sp³-hybridized carbons (Fsp3) is 0.263. The molecule has 3 rings (SSSR count). The molecule has 0 aliphatic carbocycles. The molecule has 2 aromatic rings. The van der Waals surface area contributed by atoms with Crippen molar-refractivity contribution in [1.29, 1.82) is 0 Å². The van der Waals surface area contributed by atoms with Gasteiger partial charge in [0.25, 0.3) is 11.8 Å². The molecule has 0 radical (unpaired) electrons. The van der Waals surface area contributed by atoms with Crippen molar-refractivity contribution in [2.45, 2.75) is 4.90 Å². The maximum atomic E-state index is 12.6. The van der Waals surface area contributed by atoms with Crippen molar-refractivity contribution in [3.63, 3.8) is 0 Å². The van der Waals surface area contributed by atoms with E-state index < -0.39 is 9.84 Å². The number of carbonyl (C=O) groups is 2. The van der Waals surface area contributed by atoms with Crippen LogP contribution < -0.4 is 0 Å². The second-order valence-electron chi connectivity index (χ2n) is 6.39. The number of hydrogen-bond donors (Lipinski definition) is 0. The predicted molar refractivity (Wildman–Crippen MR) is 103 cm³/mol. The molecule has 1 fully saturated rings. The van der Waals surface area contributed by atoms with E-state index in [4.69, 9.17) is 11.6 Å². The van der Waals surface area contributed by atoms with Crippen LogP contribution in [0, 0.1) is 0 Å². The summed E-state index contributed by atoms with van der Waals surface area (Å²) < 4.78 is 23.0. The van der Waals surface area contributed by atoms with Crippen LogP contribution in [0.15, 0.2) is 53.4 Å². The van der Waals surface area contributed by atoms with Gasteiger partial charge in [-0.3, -0.25) is 9.59 Å². The van der Waals surface area contributed by atoms with E-state index in [1.165, 1.54) is 24.3 Å². The van der Waals surface area contributed by atoms with Gasteiger partial charge in [-0.2, -0.15) is 0 Å². The number of carbonyl (C=O) groups excluding carboxylic acids is 2. The van der Waals surface area contributed by atoms with Crippen LogP contribution in [0.4, 0.5) is 0 Å². The molecule has 0 N–H and O–H groups in total. The summed E-state index contributed by atoms with van der Waals surface area (Å²) in [6, 6.07) is 12.7. The number of halogens is 1. The zero-order chi connectivity index (χ0) is 19.6. The van der Waals surface area contributed by atoms with Gasteiger partial charge < -0.3 is 9.80 Å². The van der Waals surface area contributed by atoms with Crippen molar-refractivity contribution in [3.8, 4) is 0 Å². The second-order valence-corrected chi connectivity index (χ2v) is 8.84. The Labute approximate surface area is 163 Å². The minimum Gasteiger partial charge on any atom is -0.335 e. The number of rotatable bonds is 3. The first-order chi connectivity index (χ1) is 12.8. The van der Waals surface area contributed by atoms with Crippen LogP contribution in [0.1, 0.15) is 20.7 Å². The zero-order valence-electron chi connectivity index (χ0n) is 14.8. The predicted octanol–water partition coefficient (Wildman–Crippen LogP) is 2.34. The van der Waals surface area contributed by atoms with Gasteiger partial charge in [0.1, 0.15) is 0 Å². The molecule has 1 aliphatic heterocycles. The van der Waals surface area contributed by atoms with Gasteiger partial charge in [-0.1, -0.05) is 17.7 Å². The highest BCUT2D eigenvalue weighted by Gasteiger charge is 2.25. The van der Waals surface area contributed by atoms with Crippen LogP contribution in [-0.4, -0.2) is 62.5 Å². The highest BCUT2D eigenvalue weighted by Crippen LogP contribution is 2.16. The van der Waals surface area contributed by atoms with Crippen molar-refractivity contribution < 1.29 is 18.0 Å². The third-order valence-electron chi connectivity index (χ3n) is 4.46. The molecule has 0 aromatic heterocycles. The smallest absolute Gasteiger partial charge is 0.254 e. The van der Waals surface area contributed by atoms with Crippen LogP contribution in [0.25, 0.3) is 0 Å². The third kappa shape index (κ3) is 4.48. The monoisotopic (exact) mass is 406 g/mol. The molecule has 0 unspecified atom stereocenters. The van der Waals surface area contributed by atoms with E-state index >= 15 is 0 Å². The first kappa shape index (κ1) is 19.4. The second kappa shape index (κ2) is 7.70. The van der Waals surface area contributed by atoms with E-state index in [-0.39, 0.29) is 16.7 Å². The van der Waals surface area contributed by atoms with Crippen molar-refractivity contribution >= 4 is 33.3 Å². The molecule has 142 valence electrons. The molecule has 1 aliphatic rings. The molecule has 1 saturated heterocycles. The quantitative estimate of drug-likeness (QED) is 0.784. The molecular formula is C19H19ClN2O4S. The minimum absolute atomic E-state index is 0.109. The first-order valence-corrected chi connectivity index (χ1v) is 10.7. The van der Waals surface area contributed by atoms with Crippen LogP contribution in [0.2, 0.25) is 5.02 Å². The maximum absolute atomic E-state index is 12.6. The summed E-state index contributed by atoms with van der Waals surface area (Å²) in [5.74, 6) is -0.285. The Morgan fingerprint density at radius 3 is 1.85 bits per heavy atom. The molecule has 0 atom stereocenters. The Morgan fingerprint density at radius 1 is 0.852 bits per heavy atom. The highest BCUT2D eigenvalue weighted by molar-refractivity contribution is 7.90. The Bertz CT molecular complexity index is 965. The average Bonchev–Trinajstić information content (AvgIpc) is 2.66. The summed E-state index contributed by atoms with van der Waals surface area (Å²) in [5, 5.41) is 0.507. The number of sulfone groups is 1. The summed E-state index contributed by atoms with van der Waals surface area (Å²) in [6.07, 6.45) is 1.12. The summed E-state index contributed by atoms with van der Waals surface area (Å²) in [5.41, 5.74) is 0.954. The van der Waals surface area contributed by atoms with Crippen molar-refractivity contribution in [2.75, 3.05) is 32.4 Å². The largest absolute Gasteiger partial charge is 0.335 e. The maximum Gasteiger partial charge on any atom is 0.254 e. The SMILES string of the molecule is CS(=O)(=O)c1ccc(C(=O)N2CCN(C(=O)c3cccc(Cl)c3)CC2)cc1. The van der Waals surface area contributed by atoms with Crippen LogP contribution in [0.3, 0.4) is 0 Å². The summed E-state index contributed by atoms with van der Waals surface area (Å²) >= 11 is 5.94. The van der Waals surface area contributed by atoms with Gasteiger partial charge >= 0.3 is 0 Å². The lowest BCUT2D eigenvalue weighted by atomic mass is 10.1. The van der Waals surface area contributed by atoms with E-state index in [1.807, 2.05) is 0 Å². The standard InChI is InChI=1S/C19H19ClN2O4S/c1-27(25,26)17-7-5-14(6-8-17)18(23)21-9-11-22(12-10-21)19(24)15-3-2-4-16(20)13-15/h2-8,13H,9-12H2,1H3. The lowest BCUT2D eigenvalue weighted by Crippen LogP contribution is -2.50. The molecule has 1 heterocycles. The van der Waals surface area contributed by atoms with Gasteiger partial charge in [0.05, 0.1) is 4.90 Å². The molecule has 2 amide bonds. The normalized spacial score (nSPS) is 14.9. The molecule has 0 bridgehead atoms. The van der Waals surface area contributed by atoms with E-state index in [9.17, 15) is 18.0 Å². The van der Waals surface area contributed by atoms with E-state index in [0.29, 0.717) is 42.3 Å². The van der Waals surface area contributed by atoms with E-state index in [2.05, 4.69) is 0 Å². The van der Waals surface area contributed by atoms with Gasteiger partial charge in [-0.05, 0) is 42.5 Å². The molecule has 6 nitrogen and oxygen atoms in total. The average molecular weight is 407 g/mol. The van der Waals surface area contributed by atoms with E-state index in [0.717, 1.165) is 6.26 Å². The molecule has 0 spiro atoms. The molecule has 2 aromatic carbocycles. The van der Waals surface area contributed by atoms with Crippen molar-refractivity contribution in [3.05, 3.63) is 64.7 Å². The van der Waals surface area contributed by atoms with E-state index in [1.54, 1.807) is 34.1 Å². The molecule has 0 saturated carbocycles. The zero-order valence-corrected chi connectivity index (χ0v) is 16.3. The number of benzene rings is 2. The first-order valence-electron chi connectivity index (χ1n) is 8.40. The molecule has 27 heavy (non-hydrogen) atoms. The number of nitrogens with zero attached hydrogens (tertiary/aromatic N) is 2. The third-order valence-corrected chi connectivity index (χ3v) is 5.82. The van der Waals surface area contributed by atoms with Crippen LogP contribution >= 0.6 is 11.6 Å². The highest BCUT2D eigenvalue weighted by atomic mass is 35.5. The number of piperazine rings is 1. The van der Waals surface area contributed by atoms with Gasteiger partial charge in [0.2, 0.25) is 0 Å². The van der Waals surface area contributed by atoms with Crippen LogP contribution in [0.5, 0.6) is 0 Å². The topological polar surface area (TPSA) is 74.8 Å². The van der Waals surface area contributed by atoms with Crippen molar-refractivity contribution in [2.24, 2.45) is 0 Å². The summed E-state index contributed by atoms with van der Waals surface area (Å²) in [6.45, 7) is 1.69. The number of amides is 2. The summed E-state index contributed by atoms with van der Waals surface area (Å²) in [7, 11) is -3.29. The molecular weight excluding hydrogens is 388 g/mol. The van der Waals surface area contributed by atoms with Gasteiger partial charge in [0.15, 0.2) is 9.84 Å². The fourth-order valence-electron chi connectivity index (χ4n) is 2.94. The lowest BCUT2D eigenvalue weighted by molar-refractivity contribution is 0.0535. The Hall–Kier alpha value is -2.38. The van der Waals surface area contributed by atoms with Gasteiger partial charge in [-0.25, -0.2) is 8.42 Å².